The van der Waals surface area contributed by atoms with Crippen molar-refractivity contribution in [1.29, 1.82) is 0 Å². The minimum absolute atomic E-state index is 0.238. The summed E-state index contributed by atoms with van der Waals surface area (Å²) in [5.74, 6) is -0.238. The second-order valence-electron chi connectivity index (χ2n) is 20.4. The van der Waals surface area contributed by atoms with E-state index < -0.39 is 86.8 Å². The van der Waals surface area contributed by atoms with Crippen molar-refractivity contribution in [1.82, 2.24) is 5.32 Å². The van der Waals surface area contributed by atoms with Gasteiger partial charge in [-0.05, 0) is 44.9 Å². The second-order valence-corrected chi connectivity index (χ2v) is 20.4. The number of rotatable bonds is 45. The Morgan fingerprint density at radius 3 is 1.36 bits per heavy atom. The van der Waals surface area contributed by atoms with Crippen molar-refractivity contribution in [2.24, 2.45) is 0 Å². The molecule has 2 fully saturated rings. The van der Waals surface area contributed by atoms with Crippen LogP contribution in [0.1, 0.15) is 232 Å². The van der Waals surface area contributed by atoms with Crippen LogP contribution in [-0.2, 0) is 23.7 Å². The first-order valence-electron chi connectivity index (χ1n) is 28.6. The predicted molar refractivity (Wildman–Crippen MR) is 277 cm³/mol. The Hall–Kier alpha value is -1.53. The monoisotopic (exact) mass is 1000 g/mol. The number of aliphatic hydroxyl groups is 8. The van der Waals surface area contributed by atoms with Crippen molar-refractivity contribution in [2.45, 2.75) is 306 Å². The van der Waals surface area contributed by atoms with Gasteiger partial charge in [-0.2, -0.15) is 0 Å². The molecule has 412 valence electrons. The number of hydrogen-bond acceptors (Lipinski definition) is 13. The highest BCUT2D eigenvalue weighted by atomic mass is 16.7. The van der Waals surface area contributed by atoms with Crippen molar-refractivity contribution in [2.75, 3.05) is 19.8 Å². The standard InChI is InChI=1S/C56H105NO13/c1-3-5-7-9-11-13-15-17-18-19-20-21-22-23-24-25-26-28-30-32-34-36-38-40-48(61)57-44(45(60)39-37-35-33-31-29-27-16-14-12-10-8-6-4-2)43-67-55-53(66)51(64)54(47(42-59)69-55)70-56-52(65)50(63)49(62)46(41-58)68-56/h17-18,37,39,44-47,49-56,58-60,62-66H,3-16,19-36,38,40-43H2,1-2H3,(H,57,61)/t44-,45+,46+,47+,49-,50-,51+,52+,53?,54+,55+,56-/m0/s1. The topological polar surface area (TPSA) is 228 Å². The summed E-state index contributed by atoms with van der Waals surface area (Å²) in [6.07, 6.45) is 32.2. The van der Waals surface area contributed by atoms with Gasteiger partial charge < -0.3 is 65.1 Å². The van der Waals surface area contributed by atoms with Crippen LogP contribution in [0, 0.1) is 0 Å². The van der Waals surface area contributed by atoms with Crippen LogP contribution in [-0.4, -0.2) is 140 Å². The molecule has 14 nitrogen and oxygen atoms in total. The Labute approximate surface area is 424 Å². The lowest BCUT2D eigenvalue weighted by Crippen LogP contribution is -2.65. The molecular formula is C56H105NO13. The van der Waals surface area contributed by atoms with Crippen LogP contribution >= 0.6 is 0 Å². The Bertz CT molecular complexity index is 1270. The first kappa shape index (κ1) is 64.6. The van der Waals surface area contributed by atoms with Gasteiger partial charge in [0.15, 0.2) is 12.6 Å². The fourth-order valence-corrected chi connectivity index (χ4v) is 9.46. The first-order chi connectivity index (χ1) is 34.1. The molecule has 2 saturated heterocycles. The molecule has 0 aliphatic carbocycles. The van der Waals surface area contributed by atoms with Crippen LogP contribution in [0.5, 0.6) is 0 Å². The van der Waals surface area contributed by atoms with E-state index in [1.807, 2.05) is 6.08 Å². The SMILES string of the molecule is CCCCCCCCC=CCCCCCCCCCCCCCCCC(=O)N[C@@H](CO[C@@H]1O[C@H](CO)[C@@H](O[C@@H]2O[C@H](CO)[C@H](O)[C@H](O)[C@H]2O)[C@H](O)C1O)[C@H](O)C=CCCCCCCCCCCCCC. The molecule has 1 unspecified atom stereocenters. The molecule has 70 heavy (non-hydrogen) atoms. The highest BCUT2D eigenvalue weighted by Gasteiger charge is 2.51. The maximum atomic E-state index is 13.2. The molecule has 2 aliphatic rings. The minimum Gasteiger partial charge on any atom is -0.394 e. The highest BCUT2D eigenvalue weighted by Crippen LogP contribution is 2.30. The van der Waals surface area contributed by atoms with Crippen LogP contribution in [0.4, 0.5) is 0 Å². The summed E-state index contributed by atoms with van der Waals surface area (Å²) in [7, 11) is 0. The molecule has 2 heterocycles. The molecular weight excluding hydrogens is 895 g/mol. The Balaban J connectivity index is 1.75. The molecule has 0 radical (unpaired) electrons. The van der Waals surface area contributed by atoms with E-state index in [-0.39, 0.29) is 18.9 Å². The number of aliphatic hydroxyl groups excluding tert-OH is 8. The van der Waals surface area contributed by atoms with E-state index in [0.29, 0.717) is 6.42 Å². The number of amides is 1. The lowest BCUT2D eigenvalue weighted by molar-refractivity contribution is -0.359. The van der Waals surface area contributed by atoms with E-state index >= 15 is 0 Å². The number of ether oxygens (including phenoxy) is 4. The van der Waals surface area contributed by atoms with Gasteiger partial charge >= 0.3 is 0 Å². The summed E-state index contributed by atoms with van der Waals surface area (Å²) in [6.45, 7) is 2.79. The van der Waals surface area contributed by atoms with E-state index in [2.05, 4.69) is 31.3 Å². The maximum absolute atomic E-state index is 13.2. The van der Waals surface area contributed by atoms with Gasteiger partial charge in [0, 0.05) is 6.42 Å². The summed E-state index contributed by atoms with van der Waals surface area (Å²) in [4.78, 5) is 13.2. The van der Waals surface area contributed by atoms with Gasteiger partial charge in [-0.15, -0.1) is 0 Å². The Morgan fingerprint density at radius 2 is 0.900 bits per heavy atom. The van der Waals surface area contributed by atoms with Gasteiger partial charge in [-0.1, -0.05) is 205 Å². The molecule has 9 N–H and O–H groups in total. The number of allylic oxidation sites excluding steroid dienone is 3. The van der Waals surface area contributed by atoms with Crippen LogP contribution in [0.25, 0.3) is 0 Å². The molecule has 12 atom stereocenters. The third kappa shape index (κ3) is 28.8. The van der Waals surface area contributed by atoms with Gasteiger partial charge in [0.25, 0.3) is 0 Å². The molecule has 0 bridgehead atoms. The molecule has 0 aromatic rings. The Kier molecular flexibility index (Phi) is 39.5. The van der Waals surface area contributed by atoms with Crippen molar-refractivity contribution >= 4 is 5.91 Å². The molecule has 1 amide bonds. The quantitative estimate of drug-likeness (QED) is 0.0205. The molecule has 0 aromatic carbocycles. The van der Waals surface area contributed by atoms with Crippen LogP contribution in [0.15, 0.2) is 24.3 Å². The highest BCUT2D eigenvalue weighted by molar-refractivity contribution is 5.76. The summed E-state index contributed by atoms with van der Waals surface area (Å²) >= 11 is 0. The molecule has 2 aliphatic heterocycles. The third-order valence-electron chi connectivity index (χ3n) is 14.1. The van der Waals surface area contributed by atoms with Gasteiger partial charge in [-0.3, -0.25) is 4.79 Å². The Morgan fingerprint density at radius 1 is 0.500 bits per heavy atom. The van der Waals surface area contributed by atoms with E-state index in [1.54, 1.807) is 6.08 Å². The third-order valence-corrected chi connectivity index (χ3v) is 14.1. The van der Waals surface area contributed by atoms with E-state index in [0.717, 1.165) is 38.5 Å². The summed E-state index contributed by atoms with van der Waals surface area (Å²) in [5, 5.41) is 86.9. The van der Waals surface area contributed by atoms with Crippen LogP contribution in [0.2, 0.25) is 0 Å². The zero-order valence-electron chi connectivity index (χ0n) is 44.0. The average Bonchev–Trinajstić information content (AvgIpc) is 3.36. The van der Waals surface area contributed by atoms with Gasteiger partial charge in [0.1, 0.15) is 48.8 Å². The fourth-order valence-electron chi connectivity index (χ4n) is 9.46. The number of nitrogens with one attached hydrogen (secondary N) is 1. The van der Waals surface area contributed by atoms with Gasteiger partial charge in [0.05, 0.1) is 32.0 Å². The molecule has 0 spiro atoms. The number of hydrogen-bond donors (Lipinski definition) is 9. The van der Waals surface area contributed by atoms with Crippen molar-refractivity contribution in [3.8, 4) is 0 Å². The minimum atomic E-state index is -1.79. The first-order valence-corrected chi connectivity index (χ1v) is 28.6. The summed E-state index contributed by atoms with van der Waals surface area (Å²) < 4.78 is 22.7. The number of unbranched alkanes of at least 4 members (excludes halogenated alkanes) is 30. The van der Waals surface area contributed by atoms with Gasteiger partial charge in [0.2, 0.25) is 5.91 Å². The smallest absolute Gasteiger partial charge is 0.220 e. The van der Waals surface area contributed by atoms with E-state index in [9.17, 15) is 45.6 Å². The molecule has 0 aromatic heterocycles. The fraction of sp³-hybridized carbons (Fsp3) is 0.911. The zero-order chi connectivity index (χ0) is 51.0. The maximum Gasteiger partial charge on any atom is 0.220 e. The average molecular weight is 1000 g/mol. The lowest BCUT2D eigenvalue weighted by Gasteiger charge is -2.46. The number of carbonyl (C=O) groups excluding carboxylic acids is 1. The van der Waals surface area contributed by atoms with Crippen LogP contribution < -0.4 is 5.32 Å². The number of carbonyl (C=O) groups is 1. The molecule has 2 rings (SSSR count). The van der Waals surface area contributed by atoms with E-state index in [1.165, 1.54) is 167 Å². The largest absolute Gasteiger partial charge is 0.394 e. The molecule has 0 saturated carbocycles. The summed E-state index contributed by atoms with van der Waals surface area (Å²) in [5.41, 5.74) is 0. The van der Waals surface area contributed by atoms with Crippen molar-refractivity contribution in [3.05, 3.63) is 24.3 Å². The summed E-state index contributed by atoms with van der Waals surface area (Å²) in [6, 6.07) is -0.911. The van der Waals surface area contributed by atoms with E-state index in [4.69, 9.17) is 18.9 Å². The molecule has 14 heteroatoms. The predicted octanol–water partition coefficient (Wildman–Crippen LogP) is 8.89. The van der Waals surface area contributed by atoms with Gasteiger partial charge in [-0.25, -0.2) is 0 Å². The lowest BCUT2D eigenvalue weighted by atomic mass is 9.97. The van der Waals surface area contributed by atoms with Crippen molar-refractivity contribution in [3.63, 3.8) is 0 Å². The van der Waals surface area contributed by atoms with Crippen LogP contribution in [0.3, 0.4) is 0 Å². The zero-order valence-corrected chi connectivity index (χ0v) is 44.0. The van der Waals surface area contributed by atoms with Crippen molar-refractivity contribution < 1.29 is 64.6 Å². The second kappa shape index (κ2) is 42.8. The normalized spacial score (nSPS) is 26.1.